The summed E-state index contributed by atoms with van der Waals surface area (Å²) >= 11 is 0. The van der Waals surface area contributed by atoms with Crippen LogP contribution in [0, 0.1) is 5.92 Å². The molecule has 0 spiro atoms. The first kappa shape index (κ1) is 9.01. The highest BCUT2D eigenvalue weighted by molar-refractivity contribution is 4.86. The van der Waals surface area contributed by atoms with E-state index in [-0.39, 0.29) is 11.6 Å². The maximum absolute atomic E-state index is 9.35. The number of hydrogen-bond acceptors (Lipinski definition) is 2. The Balaban J connectivity index is 2.20. The molecule has 0 amide bonds. The fourth-order valence-electron chi connectivity index (χ4n) is 0.877. The van der Waals surface area contributed by atoms with Crippen molar-refractivity contribution in [2.45, 2.75) is 45.3 Å². The van der Waals surface area contributed by atoms with E-state index in [2.05, 4.69) is 5.32 Å². The van der Waals surface area contributed by atoms with Crippen LogP contribution in [0.25, 0.3) is 0 Å². The van der Waals surface area contributed by atoms with Crippen LogP contribution in [0.1, 0.15) is 33.6 Å². The lowest BCUT2D eigenvalue weighted by atomic mass is 9.99. The second-order valence-corrected chi connectivity index (χ2v) is 4.22. The van der Waals surface area contributed by atoms with E-state index < -0.39 is 0 Å². The van der Waals surface area contributed by atoms with Gasteiger partial charge in [0.15, 0.2) is 0 Å². The van der Waals surface area contributed by atoms with Crippen LogP contribution in [-0.2, 0) is 0 Å². The molecule has 1 fully saturated rings. The summed E-state index contributed by atoms with van der Waals surface area (Å²) < 4.78 is 0. The highest BCUT2D eigenvalue weighted by Crippen LogP contribution is 2.28. The maximum atomic E-state index is 9.35. The van der Waals surface area contributed by atoms with Gasteiger partial charge in [-0.05, 0) is 46.1 Å². The van der Waals surface area contributed by atoms with Gasteiger partial charge in [0.05, 0.1) is 6.10 Å². The molecule has 1 unspecified atom stereocenters. The van der Waals surface area contributed by atoms with E-state index in [4.69, 9.17) is 0 Å². The van der Waals surface area contributed by atoms with E-state index in [1.807, 2.05) is 20.8 Å². The van der Waals surface area contributed by atoms with Crippen LogP contribution < -0.4 is 5.32 Å². The predicted octanol–water partition coefficient (Wildman–Crippen LogP) is 1.15. The molecule has 11 heavy (non-hydrogen) atoms. The minimum Gasteiger partial charge on any atom is -0.392 e. The molecule has 66 valence electrons. The van der Waals surface area contributed by atoms with Gasteiger partial charge in [0, 0.05) is 5.54 Å². The van der Waals surface area contributed by atoms with E-state index in [0.717, 1.165) is 12.5 Å². The predicted molar refractivity (Wildman–Crippen MR) is 46.5 cm³/mol. The van der Waals surface area contributed by atoms with Gasteiger partial charge in [-0.3, -0.25) is 0 Å². The molecule has 0 aromatic carbocycles. The molecule has 1 aliphatic carbocycles. The highest BCUT2D eigenvalue weighted by atomic mass is 16.3. The Morgan fingerprint density at radius 3 is 2.45 bits per heavy atom. The largest absolute Gasteiger partial charge is 0.392 e. The number of aliphatic hydroxyl groups is 1. The monoisotopic (exact) mass is 157 g/mol. The highest BCUT2D eigenvalue weighted by Gasteiger charge is 2.27. The van der Waals surface area contributed by atoms with Crippen molar-refractivity contribution in [3.05, 3.63) is 0 Å². The van der Waals surface area contributed by atoms with Crippen LogP contribution in [0.2, 0.25) is 0 Å². The average molecular weight is 157 g/mol. The van der Waals surface area contributed by atoms with Crippen molar-refractivity contribution < 1.29 is 5.11 Å². The summed E-state index contributed by atoms with van der Waals surface area (Å²) in [5.41, 5.74) is -0.122. The summed E-state index contributed by atoms with van der Waals surface area (Å²) in [5.74, 6) is 0.882. The summed E-state index contributed by atoms with van der Waals surface area (Å²) in [5, 5.41) is 12.7. The van der Waals surface area contributed by atoms with Gasteiger partial charge in [-0.1, -0.05) is 0 Å². The number of hydrogen-bond donors (Lipinski definition) is 2. The Morgan fingerprint density at radius 1 is 1.55 bits per heavy atom. The average Bonchev–Trinajstić information content (AvgIpc) is 2.65. The van der Waals surface area contributed by atoms with Gasteiger partial charge in [-0.2, -0.15) is 0 Å². The quantitative estimate of drug-likeness (QED) is 0.641. The molecule has 0 aliphatic heterocycles. The number of aliphatic hydroxyl groups excluding tert-OH is 1. The molecule has 0 radical (unpaired) electrons. The SMILES string of the molecule is CC(O)C(C)(C)NCC1CC1. The van der Waals surface area contributed by atoms with Crippen molar-refractivity contribution in [3.8, 4) is 0 Å². The van der Waals surface area contributed by atoms with Gasteiger partial charge in [0.25, 0.3) is 0 Å². The Labute approximate surface area is 69.0 Å². The van der Waals surface area contributed by atoms with E-state index in [1.165, 1.54) is 12.8 Å². The minimum atomic E-state index is -0.277. The van der Waals surface area contributed by atoms with Crippen LogP contribution in [-0.4, -0.2) is 23.3 Å². The topological polar surface area (TPSA) is 32.3 Å². The molecule has 2 nitrogen and oxygen atoms in total. The zero-order chi connectivity index (χ0) is 8.48. The standard InChI is InChI=1S/C9H19NO/c1-7(11)9(2,3)10-6-8-4-5-8/h7-8,10-11H,4-6H2,1-3H3. The summed E-state index contributed by atoms with van der Waals surface area (Å²) in [6.45, 7) is 6.98. The first-order chi connectivity index (χ1) is 5.02. The lowest BCUT2D eigenvalue weighted by molar-refractivity contribution is 0.0961. The molecule has 1 rings (SSSR count). The van der Waals surface area contributed by atoms with Crippen molar-refractivity contribution in [2.75, 3.05) is 6.54 Å². The molecule has 0 bridgehead atoms. The van der Waals surface area contributed by atoms with Crippen molar-refractivity contribution in [2.24, 2.45) is 5.92 Å². The van der Waals surface area contributed by atoms with Gasteiger partial charge in [0.2, 0.25) is 0 Å². The van der Waals surface area contributed by atoms with E-state index >= 15 is 0 Å². The first-order valence-corrected chi connectivity index (χ1v) is 4.45. The Morgan fingerprint density at radius 2 is 2.09 bits per heavy atom. The van der Waals surface area contributed by atoms with E-state index in [1.54, 1.807) is 0 Å². The van der Waals surface area contributed by atoms with Crippen molar-refractivity contribution in [1.29, 1.82) is 0 Å². The van der Waals surface area contributed by atoms with Crippen LogP contribution in [0.3, 0.4) is 0 Å². The summed E-state index contributed by atoms with van der Waals surface area (Å²) in [4.78, 5) is 0. The second-order valence-electron chi connectivity index (χ2n) is 4.22. The van der Waals surface area contributed by atoms with Crippen molar-refractivity contribution in [3.63, 3.8) is 0 Å². The molecule has 1 aliphatic rings. The molecule has 0 saturated heterocycles. The van der Waals surface area contributed by atoms with Gasteiger partial charge in [0.1, 0.15) is 0 Å². The molecule has 0 aromatic heterocycles. The smallest absolute Gasteiger partial charge is 0.0688 e. The molecule has 1 saturated carbocycles. The lowest BCUT2D eigenvalue weighted by Gasteiger charge is -2.29. The Bertz CT molecular complexity index is 128. The second kappa shape index (κ2) is 3.11. The Kier molecular flexibility index (Phi) is 2.55. The summed E-state index contributed by atoms with van der Waals surface area (Å²) in [6, 6.07) is 0. The van der Waals surface area contributed by atoms with Gasteiger partial charge < -0.3 is 10.4 Å². The molecular formula is C9H19NO. The van der Waals surface area contributed by atoms with E-state index in [9.17, 15) is 5.11 Å². The molecule has 0 heterocycles. The van der Waals surface area contributed by atoms with Crippen LogP contribution in [0.5, 0.6) is 0 Å². The van der Waals surface area contributed by atoms with E-state index in [0.29, 0.717) is 0 Å². The zero-order valence-corrected chi connectivity index (χ0v) is 7.72. The zero-order valence-electron chi connectivity index (χ0n) is 7.72. The van der Waals surface area contributed by atoms with Crippen LogP contribution >= 0.6 is 0 Å². The van der Waals surface area contributed by atoms with Gasteiger partial charge in [-0.25, -0.2) is 0 Å². The third kappa shape index (κ3) is 2.80. The molecule has 1 atom stereocenters. The van der Waals surface area contributed by atoms with Crippen LogP contribution in [0.15, 0.2) is 0 Å². The van der Waals surface area contributed by atoms with Crippen molar-refractivity contribution in [1.82, 2.24) is 5.32 Å². The fraction of sp³-hybridized carbons (Fsp3) is 1.00. The third-order valence-electron chi connectivity index (χ3n) is 2.59. The number of nitrogens with one attached hydrogen (secondary N) is 1. The first-order valence-electron chi connectivity index (χ1n) is 4.45. The molecule has 0 aromatic rings. The Hall–Kier alpha value is -0.0800. The molecular weight excluding hydrogens is 138 g/mol. The lowest BCUT2D eigenvalue weighted by Crippen LogP contribution is -2.48. The van der Waals surface area contributed by atoms with Gasteiger partial charge >= 0.3 is 0 Å². The van der Waals surface area contributed by atoms with Crippen LogP contribution in [0.4, 0.5) is 0 Å². The third-order valence-corrected chi connectivity index (χ3v) is 2.59. The fourth-order valence-corrected chi connectivity index (χ4v) is 0.877. The normalized spacial score (nSPS) is 21.8. The maximum Gasteiger partial charge on any atom is 0.0688 e. The minimum absolute atomic E-state index is 0.122. The molecule has 2 N–H and O–H groups in total. The summed E-state index contributed by atoms with van der Waals surface area (Å²) in [6.07, 6.45) is 2.45. The van der Waals surface area contributed by atoms with Crippen molar-refractivity contribution >= 4 is 0 Å². The number of rotatable bonds is 4. The summed E-state index contributed by atoms with van der Waals surface area (Å²) in [7, 11) is 0. The molecule has 2 heteroatoms. The van der Waals surface area contributed by atoms with Gasteiger partial charge in [-0.15, -0.1) is 0 Å².